The van der Waals surface area contributed by atoms with Crippen LogP contribution in [0.5, 0.6) is 0 Å². The van der Waals surface area contributed by atoms with Crippen molar-refractivity contribution in [2.24, 2.45) is 11.1 Å². The summed E-state index contributed by atoms with van der Waals surface area (Å²) in [5.74, 6) is -0.717. The molecule has 2 aromatic rings. The zero-order valence-electron chi connectivity index (χ0n) is 11.6. The molecule has 3 rings (SSSR count). The molecular formula is C14H14ClN3O3S. The Morgan fingerprint density at radius 3 is 2.82 bits per heavy atom. The molecule has 1 unspecified atom stereocenters. The lowest BCUT2D eigenvalue weighted by Gasteiger charge is -2.18. The molecule has 2 N–H and O–H groups in total. The molecule has 1 aromatic carbocycles. The highest BCUT2D eigenvalue weighted by molar-refractivity contribution is 7.89. The van der Waals surface area contributed by atoms with Gasteiger partial charge in [0, 0.05) is 24.3 Å². The zero-order chi connectivity index (χ0) is 15.9. The van der Waals surface area contributed by atoms with Crippen LogP contribution in [0.4, 0.5) is 5.69 Å². The molecule has 1 aliphatic rings. The SMILES string of the molecule is NS(=O)(=O)CC1CC(=O)N(c2cnc3ccccc3c2Cl)C1. The van der Waals surface area contributed by atoms with Crippen molar-refractivity contribution in [3.05, 3.63) is 35.5 Å². The number of benzene rings is 1. The average molecular weight is 340 g/mol. The number of pyridine rings is 1. The number of aromatic nitrogens is 1. The third kappa shape index (κ3) is 2.92. The van der Waals surface area contributed by atoms with Crippen LogP contribution in [0.3, 0.4) is 0 Å². The Balaban J connectivity index is 1.94. The van der Waals surface area contributed by atoms with E-state index in [0.29, 0.717) is 10.7 Å². The van der Waals surface area contributed by atoms with Crippen molar-refractivity contribution in [2.75, 3.05) is 17.2 Å². The molecule has 116 valence electrons. The summed E-state index contributed by atoms with van der Waals surface area (Å²) in [5, 5.41) is 6.25. The first-order valence-electron chi connectivity index (χ1n) is 6.69. The Morgan fingerprint density at radius 1 is 1.36 bits per heavy atom. The molecule has 1 aromatic heterocycles. The molecule has 1 fully saturated rings. The normalized spacial score (nSPS) is 19.1. The van der Waals surface area contributed by atoms with E-state index in [0.717, 1.165) is 10.9 Å². The number of halogens is 1. The topological polar surface area (TPSA) is 93.4 Å². The summed E-state index contributed by atoms with van der Waals surface area (Å²) in [5.41, 5.74) is 1.24. The highest BCUT2D eigenvalue weighted by Crippen LogP contribution is 2.35. The number of hydrogen-bond donors (Lipinski definition) is 1. The number of nitrogens with zero attached hydrogens (tertiary/aromatic N) is 2. The second-order valence-electron chi connectivity index (χ2n) is 5.38. The van der Waals surface area contributed by atoms with Gasteiger partial charge in [-0.05, 0) is 6.07 Å². The molecule has 1 atom stereocenters. The van der Waals surface area contributed by atoms with Crippen molar-refractivity contribution in [3.63, 3.8) is 0 Å². The predicted molar refractivity (Wildman–Crippen MR) is 85.2 cm³/mol. The Bertz CT molecular complexity index is 854. The fourth-order valence-electron chi connectivity index (χ4n) is 2.74. The molecule has 1 saturated heterocycles. The fraction of sp³-hybridized carbons (Fsp3) is 0.286. The van der Waals surface area contributed by atoms with Gasteiger partial charge in [0.25, 0.3) is 0 Å². The van der Waals surface area contributed by atoms with Gasteiger partial charge in [0.15, 0.2) is 0 Å². The minimum absolute atomic E-state index is 0.138. The molecule has 0 spiro atoms. The van der Waals surface area contributed by atoms with Gasteiger partial charge in [-0.2, -0.15) is 0 Å². The maximum absolute atomic E-state index is 12.2. The number of rotatable bonds is 3. The van der Waals surface area contributed by atoms with Crippen LogP contribution in [0.25, 0.3) is 10.9 Å². The van der Waals surface area contributed by atoms with E-state index in [1.165, 1.54) is 4.90 Å². The number of para-hydroxylation sites is 1. The first-order chi connectivity index (χ1) is 10.3. The van der Waals surface area contributed by atoms with Crippen molar-refractivity contribution in [1.82, 2.24) is 4.98 Å². The molecule has 1 aliphatic heterocycles. The lowest BCUT2D eigenvalue weighted by Crippen LogP contribution is -2.27. The first kappa shape index (κ1) is 15.2. The van der Waals surface area contributed by atoms with Gasteiger partial charge in [0.2, 0.25) is 15.9 Å². The summed E-state index contributed by atoms with van der Waals surface area (Å²) in [4.78, 5) is 17.9. The van der Waals surface area contributed by atoms with E-state index >= 15 is 0 Å². The van der Waals surface area contributed by atoms with Gasteiger partial charge in [-0.1, -0.05) is 29.8 Å². The van der Waals surface area contributed by atoms with Gasteiger partial charge < -0.3 is 4.90 Å². The summed E-state index contributed by atoms with van der Waals surface area (Å²) >= 11 is 6.39. The molecule has 22 heavy (non-hydrogen) atoms. The smallest absolute Gasteiger partial charge is 0.227 e. The van der Waals surface area contributed by atoms with Gasteiger partial charge in [-0.25, -0.2) is 13.6 Å². The monoisotopic (exact) mass is 339 g/mol. The number of fused-ring (bicyclic) bond motifs is 1. The minimum Gasteiger partial charge on any atom is -0.309 e. The lowest BCUT2D eigenvalue weighted by atomic mass is 10.1. The number of amides is 1. The largest absolute Gasteiger partial charge is 0.309 e. The van der Waals surface area contributed by atoms with Gasteiger partial charge in [0.05, 0.1) is 28.2 Å². The van der Waals surface area contributed by atoms with E-state index in [1.54, 1.807) is 6.20 Å². The Kier molecular flexibility index (Phi) is 3.80. The summed E-state index contributed by atoms with van der Waals surface area (Å²) in [6, 6.07) is 7.36. The summed E-state index contributed by atoms with van der Waals surface area (Å²) < 4.78 is 22.4. The molecule has 0 aliphatic carbocycles. The van der Waals surface area contributed by atoms with Gasteiger partial charge in [-0.3, -0.25) is 9.78 Å². The second-order valence-corrected chi connectivity index (χ2v) is 7.42. The molecule has 6 nitrogen and oxygen atoms in total. The van der Waals surface area contributed by atoms with Crippen molar-refractivity contribution >= 4 is 44.1 Å². The van der Waals surface area contributed by atoms with E-state index < -0.39 is 10.0 Å². The second kappa shape index (κ2) is 5.49. The molecular weight excluding hydrogens is 326 g/mol. The van der Waals surface area contributed by atoms with Crippen LogP contribution in [-0.2, 0) is 14.8 Å². The first-order valence-corrected chi connectivity index (χ1v) is 8.78. The number of sulfonamides is 1. The van der Waals surface area contributed by atoms with Crippen LogP contribution < -0.4 is 10.0 Å². The van der Waals surface area contributed by atoms with Crippen molar-refractivity contribution < 1.29 is 13.2 Å². The Morgan fingerprint density at radius 2 is 2.09 bits per heavy atom. The Hall–Kier alpha value is -1.70. The van der Waals surface area contributed by atoms with E-state index in [2.05, 4.69) is 4.98 Å². The number of hydrogen-bond acceptors (Lipinski definition) is 4. The average Bonchev–Trinajstić information content (AvgIpc) is 2.78. The zero-order valence-corrected chi connectivity index (χ0v) is 13.1. The molecule has 2 heterocycles. The van der Waals surface area contributed by atoms with Gasteiger partial charge in [-0.15, -0.1) is 0 Å². The van der Waals surface area contributed by atoms with Gasteiger partial charge >= 0.3 is 0 Å². The van der Waals surface area contributed by atoms with Gasteiger partial charge in [0.1, 0.15) is 0 Å². The van der Waals surface area contributed by atoms with Crippen LogP contribution in [-0.4, -0.2) is 31.6 Å². The Labute approximate surface area is 132 Å². The molecule has 0 saturated carbocycles. The third-order valence-corrected chi connectivity index (χ3v) is 4.99. The van der Waals surface area contributed by atoms with Crippen molar-refractivity contribution in [3.8, 4) is 0 Å². The van der Waals surface area contributed by atoms with E-state index in [4.69, 9.17) is 16.7 Å². The van der Waals surface area contributed by atoms with Crippen molar-refractivity contribution in [2.45, 2.75) is 6.42 Å². The van der Waals surface area contributed by atoms with Crippen LogP contribution >= 0.6 is 11.6 Å². The number of nitrogens with two attached hydrogens (primary N) is 1. The van der Waals surface area contributed by atoms with E-state index in [-0.39, 0.29) is 30.5 Å². The van der Waals surface area contributed by atoms with E-state index in [9.17, 15) is 13.2 Å². The summed E-state index contributed by atoms with van der Waals surface area (Å²) in [6.07, 6.45) is 1.68. The van der Waals surface area contributed by atoms with Crippen molar-refractivity contribution in [1.29, 1.82) is 0 Å². The predicted octanol–water partition coefficient (Wildman–Crippen LogP) is 1.53. The molecule has 1 amide bonds. The minimum atomic E-state index is -3.61. The molecule has 0 bridgehead atoms. The summed E-state index contributed by atoms with van der Waals surface area (Å²) in [6.45, 7) is 0.273. The van der Waals surface area contributed by atoms with Crippen LogP contribution in [0.15, 0.2) is 30.5 Å². The van der Waals surface area contributed by atoms with E-state index in [1.807, 2.05) is 24.3 Å². The number of carbonyl (C=O) groups is 1. The fourth-order valence-corrected chi connectivity index (χ4v) is 3.93. The standard InChI is InChI=1S/C14H14ClN3O3S/c15-14-10-3-1-2-4-11(10)17-6-12(14)18-7-9(5-13(18)19)8-22(16,20)21/h1-4,6,9H,5,7-8H2,(H2,16,20,21). The third-order valence-electron chi connectivity index (χ3n) is 3.66. The quantitative estimate of drug-likeness (QED) is 0.917. The van der Waals surface area contributed by atoms with Crippen LogP contribution in [0.1, 0.15) is 6.42 Å². The lowest BCUT2D eigenvalue weighted by molar-refractivity contribution is -0.117. The number of primary sulfonamides is 1. The summed E-state index contributed by atoms with van der Waals surface area (Å²) in [7, 11) is -3.61. The maximum Gasteiger partial charge on any atom is 0.227 e. The van der Waals surface area contributed by atoms with Crippen LogP contribution in [0, 0.1) is 5.92 Å². The molecule has 8 heteroatoms. The molecule has 0 radical (unpaired) electrons. The maximum atomic E-state index is 12.2. The number of carbonyl (C=O) groups excluding carboxylic acids is 1. The van der Waals surface area contributed by atoms with Crippen LogP contribution in [0.2, 0.25) is 5.02 Å². The highest BCUT2D eigenvalue weighted by atomic mass is 35.5. The number of anilines is 1. The highest BCUT2D eigenvalue weighted by Gasteiger charge is 2.34.